The first-order valence-electron chi connectivity index (χ1n) is 14.4. The Kier molecular flexibility index (Phi) is 22.2. The second-order valence-corrected chi connectivity index (χ2v) is 10.5. The summed E-state index contributed by atoms with van der Waals surface area (Å²) in [5.74, 6) is 1.64. The number of allylic oxidation sites excluding steroid dienone is 2. The third kappa shape index (κ3) is 19.5. The van der Waals surface area contributed by atoms with E-state index in [0.29, 0.717) is 42.9 Å². The van der Waals surface area contributed by atoms with Gasteiger partial charge in [-0.2, -0.15) is 0 Å². The largest absolute Gasteiger partial charge is 0.449 e. The summed E-state index contributed by atoms with van der Waals surface area (Å²) in [7, 11) is 1.56. The fourth-order valence-corrected chi connectivity index (χ4v) is 4.51. The smallest absolute Gasteiger partial charge is 0.406 e. The summed E-state index contributed by atoms with van der Waals surface area (Å²) in [5, 5.41) is 2.44. The lowest BCUT2D eigenvalue weighted by Gasteiger charge is -2.21. The van der Waals surface area contributed by atoms with Crippen molar-refractivity contribution in [3.8, 4) is 0 Å². The van der Waals surface area contributed by atoms with Crippen molar-refractivity contribution in [2.24, 2.45) is 17.8 Å². The monoisotopic (exact) mass is 495 g/mol. The van der Waals surface area contributed by atoms with Crippen LogP contribution in [0.3, 0.4) is 0 Å². The van der Waals surface area contributed by atoms with Gasteiger partial charge in [0.1, 0.15) is 5.78 Å². The van der Waals surface area contributed by atoms with Crippen molar-refractivity contribution < 1.29 is 19.1 Å². The number of Topliss-reactive ketones (excluding diaryl/α,β-unsaturated/α-hetero) is 1. The molecule has 1 fully saturated rings. The highest BCUT2D eigenvalue weighted by Crippen LogP contribution is 2.31. The maximum absolute atomic E-state index is 10.9. The predicted octanol–water partition coefficient (Wildman–Crippen LogP) is 8.26. The van der Waals surface area contributed by atoms with E-state index in [1.165, 1.54) is 77.0 Å². The number of unbranched alkanes of at least 4 members (excludes halogenated alkanes) is 11. The van der Waals surface area contributed by atoms with Crippen LogP contribution < -0.4 is 5.32 Å². The molecule has 35 heavy (non-hydrogen) atoms. The van der Waals surface area contributed by atoms with Crippen LogP contribution in [0.1, 0.15) is 125 Å². The van der Waals surface area contributed by atoms with Crippen LogP contribution in [-0.2, 0) is 14.3 Å². The van der Waals surface area contributed by atoms with Crippen molar-refractivity contribution in [3.05, 3.63) is 12.2 Å². The molecular formula is C30H57NO4. The molecule has 0 aliphatic carbocycles. The van der Waals surface area contributed by atoms with Crippen LogP contribution in [0.5, 0.6) is 0 Å². The molecule has 0 saturated carbocycles. The van der Waals surface area contributed by atoms with E-state index in [0.717, 1.165) is 12.8 Å². The van der Waals surface area contributed by atoms with Gasteiger partial charge >= 0.3 is 6.09 Å². The maximum atomic E-state index is 10.9. The Bertz CT molecular complexity index is 546. The molecule has 206 valence electrons. The number of ether oxygens (including phenoxy) is 2. The van der Waals surface area contributed by atoms with Crippen LogP contribution in [-0.4, -0.2) is 38.2 Å². The highest BCUT2D eigenvalue weighted by molar-refractivity contribution is 5.75. The van der Waals surface area contributed by atoms with Gasteiger partial charge in [-0.1, -0.05) is 91.2 Å². The van der Waals surface area contributed by atoms with Gasteiger partial charge in [0, 0.05) is 19.4 Å². The molecule has 1 saturated heterocycles. The minimum Gasteiger partial charge on any atom is -0.449 e. The first kappa shape index (κ1) is 33.6. The van der Waals surface area contributed by atoms with Crippen LogP contribution in [0, 0.1) is 17.8 Å². The number of hydrogen-bond acceptors (Lipinski definition) is 4. The SMILES string of the molecule is CCCCCCCC/C=C\CCCCCCCC(C)=O.CNC(=O)OC[C@@H]1COC(C(C)C)[C@H]1C. The summed E-state index contributed by atoms with van der Waals surface area (Å²) < 4.78 is 10.7. The third-order valence-corrected chi connectivity index (χ3v) is 6.84. The van der Waals surface area contributed by atoms with E-state index in [-0.39, 0.29) is 6.09 Å². The molecule has 3 atom stereocenters. The number of rotatable bonds is 18. The molecule has 1 aliphatic rings. The van der Waals surface area contributed by atoms with E-state index < -0.39 is 0 Å². The fraction of sp³-hybridized carbons (Fsp3) is 0.867. The lowest BCUT2D eigenvalue weighted by molar-refractivity contribution is -0.117. The van der Waals surface area contributed by atoms with Gasteiger partial charge in [0.15, 0.2) is 0 Å². The maximum Gasteiger partial charge on any atom is 0.406 e. The molecule has 0 radical (unpaired) electrons. The zero-order valence-corrected chi connectivity index (χ0v) is 23.9. The van der Waals surface area contributed by atoms with Crippen molar-refractivity contribution in [2.45, 2.75) is 131 Å². The molecule has 1 rings (SSSR count). The van der Waals surface area contributed by atoms with E-state index in [9.17, 15) is 9.59 Å². The number of hydrogen-bond donors (Lipinski definition) is 1. The molecule has 0 aromatic rings. The minimum absolute atomic E-state index is 0.295. The zero-order valence-electron chi connectivity index (χ0n) is 23.9. The number of ketones is 1. The number of carbonyl (C=O) groups excluding carboxylic acids is 2. The normalized spacial score (nSPS) is 19.6. The molecule has 0 bridgehead atoms. The number of alkyl carbamates (subject to hydrolysis) is 1. The van der Waals surface area contributed by atoms with Gasteiger partial charge < -0.3 is 19.6 Å². The number of amides is 1. The molecule has 1 heterocycles. The molecular weight excluding hydrogens is 438 g/mol. The molecule has 0 spiro atoms. The topological polar surface area (TPSA) is 64.6 Å². The van der Waals surface area contributed by atoms with Gasteiger partial charge in [0.2, 0.25) is 0 Å². The average Bonchev–Trinajstić information content (AvgIpc) is 3.20. The van der Waals surface area contributed by atoms with Crippen molar-refractivity contribution >= 4 is 11.9 Å². The molecule has 1 aliphatic heterocycles. The quantitative estimate of drug-likeness (QED) is 0.153. The van der Waals surface area contributed by atoms with E-state index in [4.69, 9.17) is 9.47 Å². The summed E-state index contributed by atoms with van der Waals surface area (Å²) in [5.41, 5.74) is 0. The highest BCUT2D eigenvalue weighted by atomic mass is 16.6. The number of nitrogens with one attached hydrogen (secondary N) is 1. The Hall–Kier alpha value is -1.36. The van der Waals surface area contributed by atoms with Crippen LogP contribution >= 0.6 is 0 Å². The van der Waals surface area contributed by atoms with Gasteiger partial charge in [-0.15, -0.1) is 0 Å². The van der Waals surface area contributed by atoms with Crippen molar-refractivity contribution in [1.82, 2.24) is 5.32 Å². The Labute approximate surface area is 217 Å². The van der Waals surface area contributed by atoms with Gasteiger partial charge in [-0.05, 0) is 50.9 Å². The predicted molar refractivity (Wildman–Crippen MR) is 148 cm³/mol. The van der Waals surface area contributed by atoms with E-state index >= 15 is 0 Å². The Balaban J connectivity index is 0.000000686. The summed E-state index contributed by atoms with van der Waals surface area (Å²) in [4.78, 5) is 21.7. The van der Waals surface area contributed by atoms with Crippen molar-refractivity contribution in [1.29, 1.82) is 0 Å². The van der Waals surface area contributed by atoms with E-state index in [2.05, 4.69) is 45.2 Å². The molecule has 5 nitrogen and oxygen atoms in total. The van der Waals surface area contributed by atoms with Crippen LogP contribution in [0.15, 0.2) is 12.2 Å². The van der Waals surface area contributed by atoms with Crippen molar-refractivity contribution in [2.75, 3.05) is 20.3 Å². The van der Waals surface area contributed by atoms with E-state index in [1.807, 2.05) is 0 Å². The molecule has 1 N–H and O–H groups in total. The average molecular weight is 496 g/mol. The fourth-order valence-electron chi connectivity index (χ4n) is 4.51. The first-order valence-corrected chi connectivity index (χ1v) is 14.4. The van der Waals surface area contributed by atoms with Gasteiger partial charge in [-0.25, -0.2) is 4.79 Å². The van der Waals surface area contributed by atoms with Crippen LogP contribution in [0.25, 0.3) is 0 Å². The molecule has 5 heteroatoms. The Morgan fingerprint density at radius 2 is 1.49 bits per heavy atom. The lowest BCUT2D eigenvalue weighted by atomic mass is 9.88. The molecule has 1 amide bonds. The second-order valence-electron chi connectivity index (χ2n) is 10.5. The first-order chi connectivity index (χ1) is 16.8. The van der Waals surface area contributed by atoms with Crippen molar-refractivity contribution in [3.63, 3.8) is 0 Å². The van der Waals surface area contributed by atoms with E-state index in [1.54, 1.807) is 14.0 Å². The number of carbonyl (C=O) groups is 2. The van der Waals surface area contributed by atoms with Crippen LogP contribution in [0.2, 0.25) is 0 Å². The standard InChI is InChI=1S/C19H36O.C11H21NO3/c1-3-4-5-6-7-8-9-10-11-12-13-14-15-16-17-18-19(2)20;1-7(2)10-8(3)9(5-14-10)6-15-11(13)12-4/h10-11H,3-9,12-18H2,1-2H3;7-10H,5-6H2,1-4H3,(H,12,13)/b11-10-;/t;8-,9-,10?/m.0/s1. The minimum atomic E-state index is -0.366. The summed E-state index contributed by atoms with van der Waals surface area (Å²) in [6.45, 7) is 11.6. The summed E-state index contributed by atoms with van der Waals surface area (Å²) >= 11 is 0. The Morgan fingerprint density at radius 1 is 0.943 bits per heavy atom. The lowest BCUT2D eigenvalue weighted by Crippen LogP contribution is -2.27. The van der Waals surface area contributed by atoms with Crippen LogP contribution in [0.4, 0.5) is 4.79 Å². The van der Waals surface area contributed by atoms with Gasteiger partial charge in [0.05, 0.1) is 19.3 Å². The van der Waals surface area contributed by atoms with Gasteiger partial charge in [0.25, 0.3) is 0 Å². The second kappa shape index (κ2) is 23.1. The Morgan fingerprint density at radius 3 is 1.97 bits per heavy atom. The molecule has 0 aromatic carbocycles. The zero-order chi connectivity index (χ0) is 26.3. The molecule has 1 unspecified atom stereocenters. The van der Waals surface area contributed by atoms with Gasteiger partial charge in [-0.3, -0.25) is 0 Å². The summed E-state index contributed by atoms with van der Waals surface area (Å²) in [6.07, 6.45) is 22.5. The highest BCUT2D eigenvalue weighted by Gasteiger charge is 2.36. The molecule has 0 aromatic heterocycles. The third-order valence-electron chi connectivity index (χ3n) is 6.84. The summed E-state index contributed by atoms with van der Waals surface area (Å²) in [6, 6.07) is 0.